The highest BCUT2D eigenvalue weighted by molar-refractivity contribution is 6.07. The lowest BCUT2D eigenvalue weighted by atomic mass is 9.75. The van der Waals surface area contributed by atoms with Crippen LogP contribution in [0.25, 0.3) is 0 Å². The average molecular weight is 578 g/mol. The van der Waals surface area contributed by atoms with Gasteiger partial charge in [-0.2, -0.15) is 0 Å². The minimum atomic E-state index is -0.973. The van der Waals surface area contributed by atoms with Crippen molar-refractivity contribution in [3.63, 3.8) is 0 Å². The molecule has 0 bridgehead atoms. The number of nitrogens with zero attached hydrogens (tertiary/aromatic N) is 3. The molecule has 42 heavy (non-hydrogen) atoms. The molecule has 0 aromatic heterocycles. The lowest BCUT2D eigenvalue weighted by Crippen LogP contribution is -2.41. The third-order valence-corrected chi connectivity index (χ3v) is 7.66. The third-order valence-electron chi connectivity index (χ3n) is 7.66. The molecule has 2 heterocycles. The highest BCUT2D eigenvalue weighted by Crippen LogP contribution is 2.41. The Balaban J connectivity index is 1.67. The van der Waals surface area contributed by atoms with Gasteiger partial charge in [-0.25, -0.2) is 4.79 Å². The van der Waals surface area contributed by atoms with Crippen LogP contribution in [0.15, 0.2) is 70.9 Å². The second kappa shape index (κ2) is 13.5. The number of hydrogen-bond acceptors (Lipinski definition) is 10. The number of benzene rings is 2. The minimum Gasteiger partial charge on any atom is -0.468 e. The smallest absolute Gasteiger partial charge is 0.337 e. The van der Waals surface area contributed by atoms with Gasteiger partial charge in [0.2, 0.25) is 0 Å². The standard InChI is InChI=1S/C31H35N3O8/c1-19-27(30(36)40-4)29(23-11-8-12-24(17-23)34(38)39)28(20(2)32-19)31(37)42-26(22-9-6-5-7-10-22)18-33-15-13-25(14-16-33)41-21(3)35/h5-12,17,25-27,29H,13-16,18H2,1-4H3. The van der Waals surface area contributed by atoms with Crippen LogP contribution in [-0.2, 0) is 28.6 Å². The van der Waals surface area contributed by atoms with Gasteiger partial charge in [-0.3, -0.25) is 29.6 Å². The van der Waals surface area contributed by atoms with Crippen LogP contribution in [0.5, 0.6) is 0 Å². The maximum atomic E-state index is 14.1. The van der Waals surface area contributed by atoms with Crippen LogP contribution in [0.1, 0.15) is 56.8 Å². The van der Waals surface area contributed by atoms with Gasteiger partial charge in [0.15, 0.2) is 0 Å². The quantitative estimate of drug-likeness (QED) is 0.182. The van der Waals surface area contributed by atoms with Crippen molar-refractivity contribution in [2.45, 2.75) is 51.7 Å². The predicted molar refractivity (Wildman–Crippen MR) is 154 cm³/mol. The monoisotopic (exact) mass is 577 g/mol. The molecule has 2 aromatic rings. The van der Waals surface area contributed by atoms with Crippen molar-refractivity contribution in [2.75, 3.05) is 26.7 Å². The molecule has 11 nitrogen and oxygen atoms in total. The normalized spacial score (nSPS) is 20.3. The summed E-state index contributed by atoms with van der Waals surface area (Å²) < 4.78 is 16.6. The maximum Gasteiger partial charge on any atom is 0.337 e. The van der Waals surface area contributed by atoms with Crippen molar-refractivity contribution in [3.8, 4) is 0 Å². The van der Waals surface area contributed by atoms with Crippen LogP contribution in [0.4, 0.5) is 5.69 Å². The average Bonchev–Trinajstić information content (AvgIpc) is 2.97. The minimum absolute atomic E-state index is 0.140. The van der Waals surface area contributed by atoms with E-state index in [1.807, 2.05) is 30.3 Å². The van der Waals surface area contributed by atoms with Gasteiger partial charge in [-0.1, -0.05) is 42.5 Å². The molecule has 11 heteroatoms. The van der Waals surface area contributed by atoms with E-state index in [2.05, 4.69) is 9.89 Å². The number of carbonyl (C=O) groups excluding carboxylic acids is 3. The first kappa shape index (κ1) is 30.6. The summed E-state index contributed by atoms with van der Waals surface area (Å²) >= 11 is 0. The molecule has 3 unspecified atom stereocenters. The van der Waals surface area contributed by atoms with E-state index in [-0.39, 0.29) is 23.3 Å². The number of likely N-dealkylation sites (tertiary alicyclic amines) is 1. The van der Waals surface area contributed by atoms with Crippen molar-refractivity contribution in [3.05, 3.63) is 87.1 Å². The molecule has 2 aliphatic heterocycles. The second-order valence-corrected chi connectivity index (χ2v) is 10.5. The first-order valence-corrected chi connectivity index (χ1v) is 13.8. The summed E-state index contributed by atoms with van der Waals surface area (Å²) in [6, 6.07) is 15.2. The Bertz CT molecular complexity index is 1400. The molecule has 0 spiro atoms. The highest BCUT2D eigenvalue weighted by Gasteiger charge is 2.43. The molecular formula is C31H35N3O8. The van der Waals surface area contributed by atoms with Crippen molar-refractivity contribution < 1.29 is 33.5 Å². The number of non-ortho nitro benzene ring substituents is 1. The lowest BCUT2D eigenvalue weighted by molar-refractivity contribution is -0.384. The van der Waals surface area contributed by atoms with Gasteiger partial charge in [0.05, 0.1) is 17.6 Å². The van der Waals surface area contributed by atoms with E-state index in [9.17, 15) is 24.5 Å². The Morgan fingerprint density at radius 1 is 1.07 bits per heavy atom. The van der Waals surface area contributed by atoms with Crippen molar-refractivity contribution in [1.82, 2.24) is 4.90 Å². The van der Waals surface area contributed by atoms with E-state index in [0.717, 1.165) is 5.56 Å². The van der Waals surface area contributed by atoms with Crippen LogP contribution < -0.4 is 0 Å². The summed E-state index contributed by atoms with van der Waals surface area (Å²) in [6.07, 6.45) is 0.545. The number of carbonyl (C=O) groups is 3. The fourth-order valence-electron chi connectivity index (χ4n) is 5.68. The van der Waals surface area contributed by atoms with Gasteiger partial charge >= 0.3 is 17.9 Å². The van der Waals surface area contributed by atoms with Crippen LogP contribution in [0.3, 0.4) is 0 Å². The molecule has 0 N–H and O–H groups in total. The van der Waals surface area contributed by atoms with Gasteiger partial charge in [0, 0.05) is 56.0 Å². The summed E-state index contributed by atoms with van der Waals surface area (Å²) in [5, 5.41) is 11.6. The predicted octanol–water partition coefficient (Wildman–Crippen LogP) is 4.53. The van der Waals surface area contributed by atoms with Crippen LogP contribution >= 0.6 is 0 Å². The summed E-state index contributed by atoms with van der Waals surface area (Å²) in [4.78, 5) is 56.2. The largest absolute Gasteiger partial charge is 0.468 e. The molecule has 1 saturated heterocycles. The fourth-order valence-corrected chi connectivity index (χ4v) is 5.68. The number of esters is 3. The second-order valence-electron chi connectivity index (χ2n) is 10.5. The Kier molecular flexibility index (Phi) is 9.84. The van der Waals surface area contributed by atoms with E-state index in [1.54, 1.807) is 19.9 Å². The first-order chi connectivity index (χ1) is 20.1. The van der Waals surface area contributed by atoms with Crippen molar-refractivity contribution >= 4 is 29.3 Å². The van der Waals surface area contributed by atoms with Gasteiger partial charge < -0.3 is 14.2 Å². The van der Waals surface area contributed by atoms with E-state index in [4.69, 9.17) is 14.2 Å². The van der Waals surface area contributed by atoms with Gasteiger partial charge in [0.25, 0.3) is 5.69 Å². The summed E-state index contributed by atoms with van der Waals surface area (Å²) in [6.45, 7) is 6.45. The number of nitro groups is 1. The lowest BCUT2D eigenvalue weighted by Gasteiger charge is -2.35. The number of methoxy groups -OCH3 is 1. The molecule has 4 rings (SSSR count). The molecule has 0 aliphatic carbocycles. The van der Waals surface area contributed by atoms with Gasteiger partial charge in [-0.05, 0) is 37.8 Å². The Morgan fingerprint density at radius 2 is 1.76 bits per heavy atom. The highest BCUT2D eigenvalue weighted by atomic mass is 16.6. The van der Waals surface area contributed by atoms with Gasteiger partial charge in [-0.15, -0.1) is 0 Å². The van der Waals surface area contributed by atoms with E-state index < -0.39 is 34.8 Å². The first-order valence-electron chi connectivity index (χ1n) is 13.8. The fraction of sp³-hybridized carbons (Fsp3) is 0.419. The number of nitro benzene ring substituents is 1. The Labute approximate surface area is 244 Å². The SMILES string of the molecule is COC(=O)C1C(C)=NC(C)=C(C(=O)OC(CN2CCC(OC(C)=O)CC2)c2ccccc2)C1c1cccc([N+](=O)[O-])c1. The van der Waals surface area contributed by atoms with E-state index in [0.29, 0.717) is 49.4 Å². The Hall–Kier alpha value is -4.38. The van der Waals surface area contributed by atoms with Gasteiger partial charge in [0.1, 0.15) is 18.1 Å². The van der Waals surface area contributed by atoms with E-state index in [1.165, 1.54) is 32.2 Å². The summed E-state index contributed by atoms with van der Waals surface area (Å²) in [7, 11) is 1.25. The zero-order valence-corrected chi connectivity index (χ0v) is 24.1. The number of aliphatic imine (C=N–C) groups is 1. The molecule has 0 amide bonds. The van der Waals surface area contributed by atoms with E-state index >= 15 is 0 Å². The number of rotatable bonds is 9. The van der Waals surface area contributed by atoms with Crippen molar-refractivity contribution in [1.29, 1.82) is 0 Å². The number of hydrogen-bond donors (Lipinski definition) is 0. The molecule has 0 radical (unpaired) electrons. The molecule has 2 aliphatic rings. The molecule has 222 valence electrons. The zero-order valence-electron chi connectivity index (χ0n) is 24.1. The summed E-state index contributed by atoms with van der Waals surface area (Å²) in [5.41, 5.74) is 1.97. The van der Waals surface area contributed by atoms with Crippen LogP contribution in [-0.4, -0.2) is 66.3 Å². The topological polar surface area (TPSA) is 138 Å². The molecule has 2 aromatic carbocycles. The van der Waals surface area contributed by atoms with Crippen LogP contribution in [0.2, 0.25) is 0 Å². The van der Waals surface area contributed by atoms with Crippen molar-refractivity contribution in [2.24, 2.45) is 10.9 Å². The molecule has 1 fully saturated rings. The number of ether oxygens (including phenoxy) is 3. The Morgan fingerprint density at radius 3 is 2.38 bits per heavy atom. The maximum absolute atomic E-state index is 14.1. The zero-order chi connectivity index (χ0) is 30.4. The number of allylic oxidation sites excluding steroid dienone is 1. The number of piperidine rings is 1. The molecule has 0 saturated carbocycles. The molecule has 3 atom stereocenters. The van der Waals surface area contributed by atoms with Crippen LogP contribution in [0, 0.1) is 16.0 Å². The molecular weight excluding hydrogens is 542 g/mol. The summed E-state index contributed by atoms with van der Waals surface area (Å²) in [5.74, 6) is -3.46. The third kappa shape index (κ3) is 7.09.